The van der Waals surface area contributed by atoms with Crippen LogP contribution in [0.3, 0.4) is 0 Å². The summed E-state index contributed by atoms with van der Waals surface area (Å²) in [5.74, 6) is 0.629. The van der Waals surface area contributed by atoms with E-state index in [4.69, 9.17) is 10.2 Å². The summed E-state index contributed by atoms with van der Waals surface area (Å²) in [6.45, 7) is 4.31. The average molecular weight is 196 g/mol. The Bertz CT molecular complexity index is 307. The molecule has 0 aliphatic carbocycles. The molecule has 4 heteroatoms. The minimum absolute atomic E-state index is 0.0997. The Morgan fingerprint density at radius 3 is 2.93 bits per heavy atom. The minimum atomic E-state index is -0.109. The van der Waals surface area contributed by atoms with Crippen LogP contribution in [0.2, 0.25) is 0 Å². The summed E-state index contributed by atoms with van der Waals surface area (Å²) in [5.41, 5.74) is 5.94. The molecule has 4 nitrogen and oxygen atoms in total. The summed E-state index contributed by atoms with van der Waals surface area (Å²) in [4.78, 5) is 11.5. The van der Waals surface area contributed by atoms with Crippen molar-refractivity contribution in [1.29, 1.82) is 0 Å². The largest absolute Gasteiger partial charge is 0.469 e. The van der Waals surface area contributed by atoms with E-state index < -0.39 is 0 Å². The van der Waals surface area contributed by atoms with Crippen molar-refractivity contribution in [2.75, 3.05) is 6.54 Å². The molecule has 1 unspecified atom stereocenters. The molecule has 0 bridgehead atoms. The highest BCUT2D eigenvalue weighted by Gasteiger charge is 2.10. The van der Waals surface area contributed by atoms with Crippen molar-refractivity contribution in [1.82, 2.24) is 5.32 Å². The van der Waals surface area contributed by atoms with Gasteiger partial charge >= 0.3 is 0 Å². The molecule has 0 spiro atoms. The summed E-state index contributed by atoms with van der Waals surface area (Å²) in [6.07, 6.45) is 2.24. The summed E-state index contributed by atoms with van der Waals surface area (Å²) >= 11 is 0. The molecule has 0 saturated heterocycles. The highest BCUT2D eigenvalue weighted by Crippen LogP contribution is 2.06. The first kappa shape index (κ1) is 10.8. The van der Waals surface area contributed by atoms with Crippen LogP contribution in [-0.4, -0.2) is 18.5 Å². The van der Waals surface area contributed by atoms with Gasteiger partial charge in [0.05, 0.1) is 5.56 Å². The van der Waals surface area contributed by atoms with Gasteiger partial charge in [0.2, 0.25) is 0 Å². The molecule has 0 aliphatic heterocycles. The lowest BCUT2D eigenvalue weighted by atomic mass is 10.2. The van der Waals surface area contributed by atoms with E-state index in [-0.39, 0.29) is 11.9 Å². The average Bonchev–Trinajstić information content (AvgIpc) is 2.52. The van der Waals surface area contributed by atoms with Gasteiger partial charge in [0.15, 0.2) is 0 Å². The number of furan rings is 1. The summed E-state index contributed by atoms with van der Waals surface area (Å²) in [7, 11) is 0. The second-order valence-corrected chi connectivity index (χ2v) is 3.40. The summed E-state index contributed by atoms with van der Waals surface area (Å²) < 4.78 is 5.04. The van der Waals surface area contributed by atoms with Crippen LogP contribution in [0.1, 0.15) is 29.5 Å². The van der Waals surface area contributed by atoms with Crippen molar-refractivity contribution in [2.45, 2.75) is 26.3 Å². The van der Waals surface area contributed by atoms with Crippen molar-refractivity contribution in [3.63, 3.8) is 0 Å². The third-order valence-corrected chi connectivity index (χ3v) is 1.97. The number of carbonyl (C=O) groups is 1. The first-order valence-electron chi connectivity index (χ1n) is 4.69. The maximum Gasteiger partial charge on any atom is 0.254 e. The fourth-order valence-corrected chi connectivity index (χ4v) is 1.19. The molecule has 78 valence electrons. The van der Waals surface area contributed by atoms with E-state index >= 15 is 0 Å². The van der Waals surface area contributed by atoms with E-state index in [1.54, 1.807) is 13.0 Å². The van der Waals surface area contributed by atoms with Crippen molar-refractivity contribution < 1.29 is 9.21 Å². The lowest BCUT2D eigenvalue weighted by Crippen LogP contribution is -2.33. The van der Waals surface area contributed by atoms with Crippen LogP contribution >= 0.6 is 0 Å². The molecule has 1 atom stereocenters. The first-order valence-corrected chi connectivity index (χ1v) is 4.69. The quantitative estimate of drug-likeness (QED) is 0.756. The normalized spacial score (nSPS) is 12.5. The van der Waals surface area contributed by atoms with E-state index in [1.807, 2.05) is 6.92 Å². The molecular weight excluding hydrogens is 180 g/mol. The van der Waals surface area contributed by atoms with Crippen molar-refractivity contribution in [3.8, 4) is 0 Å². The van der Waals surface area contributed by atoms with Gasteiger partial charge in [0.25, 0.3) is 5.91 Å². The van der Waals surface area contributed by atoms with Gasteiger partial charge in [-0.25, -0.2) is 0 Å². The molecule has 0 saturated carbocycles. The van der Waals surface area contributed by atoms with Crippen molar-refractivity contribution >= 4 is 5.91 Å². The van der Waals surface area contributed by atoms with Gasteiger partial charge < -0.3 is 15.5 Å². The molecular formula is C10H16N2O2. The maximum absolute atomic E-state index is 11.5. The zero-order valence-corrected chi connectivity index (χ0v) is 8.54. The second kappa shape index (κ2) is 4.81. The van der Waals surface area contributed by atoms with Crippen LogP contribution in [0.4, 0.5) is 0 Å². The summed E-state index contributed by atoms with van der Waals surface area (Å²) in [5, 5.41) is 2.83. The number of carbonyl (C=O) groups excluding carboxylic acids is 1. The topological polar surface area (TPSA) is 68.3 Å². The fraction of sp³-hybridized carbons (Fsp3) is 0.500. The van der Waals surface area contributed by atoms with Crippen molar-refractivity contribution in [3.05, 3.63) is 23.7 Å². The molecule has 1 aromatic heterocycles. The Morgan fingerprint density at radius 1 is 1.71 bits per heavy atom. The maximum atomic E-state index is 11.5. The molecule has 14 heavy (non-hydrogen) atoms. The Balaban J connectivity index is 2.50. The van der Waals surface area contributed by atoms with Crippen LogP contribution in [0.5, 0.6) is 0 Å². The molecule has 0 radical (unpaired) electrons. The van der Waals surface area contributed by atoms with E-state index in [1.165, 1.54) is 6.26 Å². The van der Waals surface area contributed by atoms with E-state index in [0.717, 1.165) is 12.2 Å². The van der Waals surface area contributed by atoms with Gasteiger partial charge in [0.1, 0.15) is 12.0 Å². The second-order valence-electron chi connectivity index (χ2n) is 3.40. The molecule has 1 aromatic rings. The number of amides is 1. The molecule has 1 rings (SSSR count). The minimum Gasteiger partial charge on any atom is -0.469 e. The first-order chi connectivity index (χ1) is 6.63. The lowest BCUT2D eigenvalue weighted by molar-refractivity contribution is 0.0938. The Hall–Kier alpha value is -1.29. The zero-order chi connectivity index (χ0) is 10.6. The third-order valence-electron chi connectivity index (χ3n) is 1.97. The van der Waals surface area contributed by atoms with Crippen LogP contribution < -0.4 is 11.1 Å². The monoisotopic (exact) mass is 196 g/mol. The van der Waals surface area contributed by atoms with Crippen LogP contribution in [0.15, 0.2) is 16.7 Å². The Morgan fingerprint density at radius 2 is 2.43 bits per heavy atom. The number of hydrogen-bond acceptors (Lipinski definition) is 3. The standard InChI is InChI=1S/C10H16N2O2/c1-7(3-4-11)12-10(13)9-5-8(2)14-6-9/h5-7H,3-4,11H2,1-2H3,(H,12,13). The summed E-state index contributed by atoms with van der Waals surface area (Å²) in [6, 6.07) is 1.81. The molecule has 0 aromatic carbocycles. The molecule has 0 fully saturated rings. The van der Waals surface area contributed by atoms with Gasteiger partial charge in [-0.2, -0.15) is 0 Å². The number of aryl methyl sites for hydroxylation is 1. The fourth-order valence-electron chi connectivity index (χ4n) is 1.19. The van der Waals surface area contributed by atoms with Crippen LogP contribution in [0.25, 0.3) is 0 Å². The van der Waals surface area contributed by atoms with Gasteiger partial charge in [-0.15, -0.1) is 0 Å². The highest BCUT2D eigenvalue weighted by atomic mass is 16.3. The highest BCUT2D eigenvalue weighted by molar-refractivity contribution is 5.94. The molecule has 1 amide bonds. The predicted molar refractivity (Wildman–Crippen MR) is 54.0 cm³/mol. The molecule has 3 N–H and O–H groups in total. The Labute approximate surface area is 83.5 Å². The number of rotatable bonds is 4. The third kappa shape index (κ3) is 2.88. The Kier molecular flexibility index (Phi) is 3.71. The number of nitrogens with two attached hydrogens (primary N) is 1. The van der Waals surface area contributed by atoms with Gasteiger partial charge in [-0.3, -0.25) is 4.79 Å². The predicted octanol–water partition coefficient (Wildman–Crippen LogP) is 1.06. The van der Waals surface area contributed by atoms with E-state index in [2.05, 4.69) is 5.32 Å². The van der Waals surface area contributed by atoms with Crippen molar-refractivity contribution in [2.24, 2.45) is 5.73 Å². The zero-order valence-electron chi connectivity index (χ0n) is 8.54. The van der Waals surface area contributed by atoms with Crippen LogP contribution in [-0.2, 0) is 0 Å². The number of hydrogen-bond donors (Lipinski definition) is 2. The van der Waals surface area contributed by atoms with Gasteiger partial charge in [-0.1, -0.05) is 0 Å². The van der Waals surface area contributed by atoms with E-state index in [9.17, 15) is 4.79 Å². The molecule has 0 aliphatic rings. The van der Waals surface area contributed by atoms with Gasteiger partial charge in [0, 0.05) is 6.04 Å². The van der Waals surface area contributed by atoms with E-state index in [0.29, 0.717) is 12.1 Å². The lowest BCUT2D eigenvalue weighted by Gasteiger charge is -2.11. The SMILES string of the molecule is Cc1cc(C(=O)NC(C)CCN)co1. The smallest absolute Gasteiger partial charge is 0.254 e. The number of nitrogens with one attached hydrogen (secondary N) is 1. The van der Waals surface area contributed by atoms with Crippen LogP contribution in [0, 0.1) is 6.92 Å². The van der Waals surface area contributed by atoms with Gasteiger partial charge in [-0.05, 0) is 32.9 Å². The molecule has 1 heterocycles.